The Morgan fingerprint density at radius 3 is 2.59 bits per heavy atom. The molecule has 0 bridgehead atoms. The Morgan fingerprint density at radius 2 is 1.94 bits per heavy atom. The minimum Gasteiger partial charge on any atom is -0.490 e. The van der Waals surface area contributed by atoms with Crippen molar-refractivity contribution in [1.29, 1.82) is 0 Å². The van der Waals surface area contributed by atoms with Crippen LogP contribution in [-0.2, 0) is 0 Å². The Bertz CT molecular complexity index is 416. The standard InChI is InChI=1S/C12H14FNO3/c13-9-6-10(14(15)16)8-12(7-9)17-11-4-2-1-3-5-11/h6-8,11H,1-5H2. The number of benzene rings is 1. The van der Waals surface area contributed by atoms with Gasteiger partial charge in [0.25, 0.3) is 5.69 Å². The van der Waals surface area contributed by atoms with Gasteiger partial charge in [-0.15, -0.1) is 0 Å². The van der Waals surface area contributed by atoms with Gasteiger partial charge in [-0.1, -0.05) is 6.42 Å². The van der Waals surface area contributed by atoms with Crippen LogP contribution in [0.5, 0.6) is 5.75 Å². The summed E-state index contributed by atoms with van der Waals surface area (Å²) < 4.78 is 18.7. The van der Waals surface area contributed by atoms with Crippen LogP contribution < -0.4 is 4.74 Å². The minimum absolute atomic E-state index is 0.0603. The van der Waals surface area contributed by atoms with E-state index < -0.39 is 10.7 Å². The molecule has 17 heavy (non-hydrogen) atoms. The maximum atomic E-state index is 13.2. The second kappa shape index (κ2) is 5.12. The molecular formula is C12H14FNO3. The van der Waals surface area contributed by atoms with Crippen LogP contribution in [0.15, 0.2) is 18.2 Å². The lowest BCUT2D eigenvalue weighted by Gasteiger charge is -2.22. The molecule has 1 fully saturated rings. The predicted molar refractivity (Wildman–Crippen MR) is 60.6 cm³/mol. The molecule has 0 aromatic heterocycles. The molecule has 0 radical (unpaired) electrons. The second-order valence-corrected chi connectivity index (χ2v) is 4.28. The number of rotatable bonds is 3. The summed E-state index contributed by atoms with van der Waals surface area (Å²) in [6.45, 7) is 0. The van der Waals surface area contributed by atoms with Gasteiger partial charge in [0.15, 0.2) is 0 Å². The smallest absolute Gasteiger partial charge is 0.276 e. The molecule has 1 aliphatic carbocycles. The maximum Gasteiger partial charge on any atom is 0.276 e. The summed E-state index contributed by atoms with van der Waals surface area (Å²) >= 11 is 0. The summed E-state index contributed by atoms with van der Waals surface area (Å²) in [6, 6.07) is 3.37. The van der Waals surface area contributed by atoms with Gasteiger partial charge in [0.05, 0.1) is 23.2 Å². The van der Waals surface area contributed by atoms with E-state index in [1.165, 1.54) is 18.6 Å². The number of non-ortho nitro benzene ring substituents is 1. The molecule has 1 aliphatic rings. The van der Waals surface area contributed by atoms with Gasteiger partial charge in [0, 0.05) is 6.07 Å². The second-order valence-electron chi connectivity index (χ2n) is 4.28. The zero-order chi connectivity index (χ0) is 12.3. The van der Waals surface area contributed by atoms with Crippen LogP contribution in [0.1, 0.15) is 32.1 Å². The number of nitro benzene ring substituents is 1. The first kappa shape index (κ1) is 11.8. The highest BCUT2D eigenvalue weighted by atomic mass is 19.1. The van der Waals surface area contributed by atoms with E-state index >= 15 is 0 Å². The van der Waals surface area contributed by atoms with E-state index in [9.17, 15) is 14.5 Å². The van der Waals surface area contributed by atoms with Crippen molar-refractivity contribution in [1.82, 2.24) is 0 Å². The maximum absolute atomic E-state index is 13.2. The number of nitrogens with zero attached hydrogens (tertiary/aromatic N) is 1. The Hall–Kier alpha value is -1.65. The number of hydrogen-bond donors (Lipinski definition) is 0. The number of hydrogen-bond acceptors (Lipinski definition) is 3. The minimum atomic E-state index is -0.634. The first-order chi connectivity index (χ1) is 8.15. The van der Waals surface area contributed by atoms with Crippen LogP contribution in [0.25, 0.3) is 0 Å². The number of nitro groups is 1. The molecule has 0 heterocycles. The van der Waals surface area contributed by atoms with E-state index in [-0.39, 0.29) is 17.5 Å². The van der Waals surface area contributed by atoms with Crippen LogP contribution >= 0.6 is 0 Å². The predicted octanol–water partition coefficient (Wildman–Crippen LogP) is 3.45. The Morgan fingerprint density at radius 1 is 1.24 bits per heavy atom. The molecule has 1 saturated carbocycles. The van der Waals surface area contributed by atoms with Gasteiger partial charge in [-0.25, -0.2) is 4.39 Å². The van der Waals surface area contributed by atoms with Crippen molar-refractivity contribution < 1.29 is 14.1 Å². The topological polar surface area (TPSA) is 52.4 Å². The van der Waals surface area contributed by atoms with Gasteiger partial charge in [-0.3, -0.25) is 10.1 Å². The van der Waals surface area contributed by atoms with E-state index in [1.807, 2.05) is 0 Å². The lowest BCUT2D eigenvalue weighted by atomic mass is 9.98. The van der Waals surface area contributed by atoms with Gasteiger partial charge in [-0.2, -0.15) is 0 Å². The van der Waals surface area contributed by atoms with Crippen LogP contribution in [0.2, 0.25) is 0 Å². The normalized spacial score (nSPS) is 16.8. The SMILES string of the molecule is O=[N+]([O-])c1cc(F)cc(OC2CCCCC2)c1. The molecule has 1 aromatic carbocycles. The molecule has 0 atom stereocenters. The van der Waals surface area contributed by atoms with Gasteiger partial charge >= 0.3 is 0 Å². The zero-order valence-corrected chi connectivity index (χ0v) is 9.39. The van der Waals surface area contributed by atoms with Crippen molar-refractivity contribution in [2.24, 2.45) is 0 Å². The number of halogens is 1. The van der Waals surface area contributed by atoms with E-state index in [4.69, 9.17) is 4.74 Å². The fourth-order valence-electron chi connectivity index (χ4n) is 2.10. The highest BCUT2D eigenvalue weighted by Crippen LogP contribution is 2.27. The molecule has 0 N–H and O–H groups in total. The molecule has 0 aliphatic heterocycles. The Kier molecular flexibility index (Phi) is 3.56. The molecule has 5 heteroatoms. The Balaban J connectivity index is 2.11. The Labute approximate surface area is 98.5 Å². The number of ether oxygens (including phenoxy) is 1. The van der Waals surface area contributed by atoms with Crippen molar-refractivity contribution in [2.75, 3.05) is 0 Å². The monoisotopic (exact) mass is 239 g/mol. The summed E-state index contributed by atoms with van der Waals surface area (Å²) in [4.78, 5) is 9.97. The van der Waals surface area contributed by atoms with Crippen molar-refractivity contribution in [3.05, 3.63) is 34.1 Å². The molecule has 92 valence electrons. The first-order valence-corrected chi connectivity index (χ1v) is 5.77. The van der Waals surface area contributed by atoms with Crippen molar-refractivity contribution in [3.63, 3.8) is 0 Å². The van der Waals surface area contributed by atoms with Gasteiger partial charge < -0.3 is 4.74 Å². The molecular weight excluding hydrogens is 225 g/mol. The van der Waals surface area contributed by atoms with Crippen LogP contribution in [0.3, 0.4) is 0 Å². The highest BCUT2D eigenvalue weighted by Gasteiger charge is 2.17. The van der Waals surface area contributed by atoms with Gasteiger partial charge in [-0.05, 0) is 25.7 Å². The highest BCUT2D eigenvalue weighted by molar-refractivity contribution is 5.39. The molecule has 4 nitrogen and oxygen atoms in total. The fourth-order valence-corrected chi connectivity index (χ4v) is 2.10. The largest absolute Gasteiger partial charge is 0.490 e. The quantitative estimate of drug-likeness (QED) is 0.599. The summed E-state index contributed by atoms with van der Waals surface area (Å²) in [5, 5.41) is 10.6. The van der Waals surface area contributed by atoms with Crippen LogP contribution in [-0.4, -0.2) is 11.0 Å². The third-order valence-electron chi connectivity index (χ3n) is 2.92. The average Bonchev–Trinajstić information content (AvgIpc) is 2.29. The van der Waals surface area contributed by atoms with E-state index in [0.717, 1.165) is 31.7 Å². The molecule has 0 saturated heterocycles. The molecule has 0 unspecified atom stereocenters. The average molecular weight is 239 g/mol. The van der Waals surface area contributed by atoms with E-state index in [0.29, 0.717) is 0 Å². The summed E-state index contributed by atoms with van der Waals surface area (Å²) in [6.07, 6.45) is 5.33. The lowest BCUT2D eigenvalue weighted by molar-refractivity contribution is -0.385. The van der Waals surface area contributed by atoms with Crippen LogP contribution in [0, 0.1) is 15.9 Å². The fraction of sp³-hybridized carbons (Fsp3) is 0.500. The molecule has 0 spiro atoms. The van der Waals surface area contributed by atoms with Crippen LogP contribution in [0.4, 0.5) is 10.1 Å². The third kappa shape index (κ3) is 3.15. The molecule has 0 amide bonds. The zero-order valence-electron chi connectivity index (χ0n) is 9.39. The summed E-state index contributed by atoms with van der Waals surface area (Å²) in [5.74, 6) is -0.381. The van der Waals surface area contributed by atoms with Crippen molar-refractivity contribution >= 4 is 5.69 Å². The summed E-state index contributed by atoms with van der Waals surface area (Å²) in [7, 11) is 0. The van der Waals surface area contributed by atoms with Crippen molar-refractivity contribution in [2.45, 2.75) is 38.2 Å². The van der Waals surface area contributed by atoms with Crippen molar-refractivity contribution in [3.8, 4) is 5.75 Å². The van der Waals surface area contributed by atoms with Gasteiger partial charge in [0.1, 0.15) is 11.6 Å². The van der Waals surface area contributed by atoms with E-state index in [2.05, 4.69) is 0 Å². The third-order valence-corrected chi connectivity index (χ3v) is 2.92. The summed E-state index contributed by atoms with van der Waals surface area (Å²) in [5.41, 5.74) is -0.268. The molecule has 2 rings (SSSR count). The lowest BCUT2D eigenvalue weighted by Crippen LogP contribution is -2.19. The molecule has 1 aromatic rings. The van der Waals surface area contributed by atoms with Gasteiger partial charge in [0.2, 0.25) is 0 Å². The first-order valence-electron chi connectivity index (χ1n) is 5.77. The van der Waals surface area contributed by atoms with E-state index in [1.54, 1.807) is 0 Å².